The Morgan fingerprint density at radius 2 is 1.75 bits per heavy atom. The van der Waals surface area contributed by atoms with Crippen LogP contribution in [0.15, 0.2) is 36.4 Å². The summed E-state index contributed by atoms with van der Waals surface area (Å²) in [6.07, 6.45) is 0. The minimum Gasteiger partial charge on any atom is -0.396 e. The third-order valence-electron chi connectivity index (χ3n) is 3.02. The van der Waals surface area contributed by atoms with Crippen molar-refractivity contribution in [1.29, 1.82) is 0 Å². The van der Waals surface area contributed by atoms with E-state index in [0.29, 0.717) is 5.56 Å². The zero-order valence-corrected chi connectivity index (χ0v) is 12.7. The van der Waals surface area contributed by atoms with Gasteiger partial charge < -0.3 is 10.6 Å². The standard InChI is InChI=1S/C15H14Cl2N2O/c1-9-4-3-5-11(6-9)19(2)15(20)10-7-12(16)14(18)13(17)8-10/h3-8H,18H2,1-2H3. The van der Waals surface area contributed by atoms with Crippen LogP contribution in [0.25, 0.3) is 0 Å². The molecule has 2 N–H and O–H groups in total. The molecule has 2 aromatic carbocycles. The molecule has 104 valence electrons. The van der Waals surface area contributed by atoms with E-state index in [1.807, 2.05) is 31.2 Å². The van der Waals surface area contributed by atoms with Crippen LogP contribution in [-0.4, -0.2) is 13.0 Å². The molecule has 0 bridgehead atoms. The van der Waals surface area contributed by atoms with Crippen molar-refractivity contribution < 1.29 is 4.79 Å². The molecular weight excluding hydrogens is 295 g/mol. The highest BCUT2D eigenvalue weighted by molar-refractivity contribution is 6.39. The number of carbonyl (C=O) groups excluding carboxylic acids is 1. The molecule has 0 saturated carbocycles. The van der Waals surface area contributed by atoms with Gasteiger partial charge in [-0.2, -0.15) is 0 Å². The zero-order chi connectivity index (χ0) is 14.9. The van der Waals surface area contributed by atoms with Crippen LogP contribution in [0.1, 0.15) is 15.9 Å². The summed E-state index contributed by atoms with van der Waals surface area (Å²) in [6, 6.07) is 10.7. The second-order valence-electron chi connectivity index (χ2n) is 4.56. The lowest BCUT2D eigenvalue weighted by Crippen LogP contribution is -2.26. The van der Waals surface area contributed by atoms with Crippen molar-refractivity contribution in [3.8, 4) is 0 Å². The summed E-state index contributed by atoms with van der Waals surface area (Å²) >= 11 is 11.9. The van der Waals surface area contributed by atoms with E-state index in [0.717, 1.165) is 11.3 Å². The number of aryl methyl sites for hydroxylation is 1. The van der Waals surface area contributed by atoms with Crippen LogP contribution in [0.5, 0.6) is 0 Å². The van der Waals surface area contributed by atoms with Gasteiger partial charge in [-0.3, -0.25) is 4.79 Å². The second kappa shape index (κ2) is 5.73. The minimum absolute atomic E-state index is 0.195. The van der Waals surface area contributed by atoms with E-state index < -0.39 is 0 Å². The number of anilines is 2. The van der Waals surface area contributed by atoms with Gasteiger partial charge in [-0.15, -0.1) is 0 Å². The van der Waals surface area contributed by atoms with E-state index in [1.165, 1.54) is 12.1 Å². The van der Waals surface area contributed by atoms with E-state index in [1.54, 1.807) is 11.9 Å². The van der Waals surface area contributed by atoms with Crippen molar-refractivity contribution in [2.24, 2.45) is 0 Å². The molecule has 1 amide bonds. The smallest absolute Gasteiger partial charge is 0.258 e. The first kappa shape index (κ1) is 14.7. The summed E-state index contributed by atoms with van der Waals surface area (Å²) in [5.74, 6) is -0.195. The molecule has 0 radical (unpaired) electrons. The number of rotatable bonds is 2. The average molecular weight is 309 g/mol. The van der Waals surface area contributed by atoms with Crippen LogP contribution in [0.2, 0.25) is 10.0 Å². The second-order valence-corrected chi connectivity index (χ2v) is 5.37. The van der Waals surface area contributed by atoms with Gasteiger partial charge in [-0.1, -0.05) is 35.3 Å². The van der Waals surface area contributed by atoms with Crippen molar-refractivity contribution in [3.63, 3.8) is 0 Å². The van der Waals surface area contributed by atoms with Crippen LogP contribution in [0, 0.1) is 6.92 Å². The third kappa shape index (κ3) is 2.89. The lowest BCUT2D eigenvalue weighted by atomic mass is 10.1. The van der Waals surface area contributed by atoms with Crippen LogP contribution < -0.4 is 10.6 Å². The van der Waals surface area contributed by atoms with Gasteiger partial charge in [0.15, 0.2) is 0 Å². The van der Waals surface area contributed by atoms with Gasteiger partial charge in [0.1, 0.15) is 0 Å². The maximum atomic E-state index is 12.4. The maximum absolute atomic E-state index is 12.4. The van der Waals surface area contributed by atoms with Crippen LogP contribution in [0.3, 0.4) is 0 Å². The molecule has 0 fully saturated rings. The highest BCUT2D eigenvalue weighted by atomic mass is 35.5. The molecule has 2 aromatic rings. The molecule has 0 saturated heterocycles. The lowest BCUT2D eigenvalue weighted by molar-refractivity contribution is 0.0993. The molecule has 0 aliphatic heterocycles. The topological polar surface area (TPSA) is 46.3 Å². The largest absolute Gasteiger partial charge is 0.396 e. The first-order chi connectivity index (χ1) is 9.40. The summed E-state index contributed by atoms with van der Waals surface area (Å²) in [5, 5.41) is 0.553. The predicted molar refractivity (Wildman–Crippen MR) is 84.8 cm³/mol. The summed E-state index contributed by atoms with van der Waals surface area (Å²) in [7, 11) is 1.70. The first-order valence-corrected chi connectivity index (χ1v) is 6.75. The zero-order valence-electron chi connectivity index (χ0n) is 11.2. The van der Waals surface area contributed by atoms with Crippen molar-refractivity contribution >= 4 is 40.5 Å². The molecule has 0 atom stereocenters. The van der Waals surface area contributed by atoms with Crippen molar-refractivity contribution in [2.45, 2.75) is 6.92 Å². The summed E-state index contributed by atoms with van der Waals surface area (Å²) in [6.45, 7) is 1.97. The monoisotopic (exact) mass is 308 g/mol. The molecule has 0 heterocycles. The Balaban J connectivity index is 2.36. The molecular formula is C15H14Cl2N2O. The Morgan fingerprint density at radius 3 is 2.30 bits per heavy atom. The molecule has 0 aliphatic carbocycles. The van der Waals surface area contributed by atoms with E-state index in [4.69, 9.17) is 28.9 Å². The van der Waals surface area contributed by atoms with E-state index in [2.05, 4.69) is 0 Å². The number of nitrogens with two attached hydrogens (primary N) is 1. The van der Waals surface area contributed by atoms with E-state index in [9.17, 15) is 4.79 Å². The SMILES string of the molecule is Cc1cccc(N(C)C(=O)c2cc(Cl)c(N)c(Cl)c2)c1. The Labute approximate surface area is 127 Å². The molecule has 3 nitrogen and oxygen atoms in total. The van der Waals surface area contributed by atoms with Crippen molar-refractivity contribution in [3.05, 3.63) is 57.6 Å². The summed E-state index contributed by atoms with van der Waals surface area (Å²) in [5.41, 5.74) is 8.23. The van der Waals surface area contributed by atoms with Gasteiger partial charge in [0.25, 0.3) is 5.91 Å². The van der Waals surface area contributed by atoms with Crippen molar-refractivity contribution in [2.75, 3.05) is 17.7 Å². The number of halogens is 2. The molecule has 20 heavy (non-hydrogen) atoms. The molecule has 0 spiro atoms. The van der Waals surface area contributed by atoms with Gasteiger partial charge in [0, 0.05) is 18.3 Å². The van der Waals surface area contributed by atoms with E-state index >= 15 is 0 Å². The highest BCUT2D eigenvalue weighted by Gasteiger charge is 2.16. The molecule has 5 heteroatoms. The van der Waals surface area contributed by atoms with Gasteiger partial charge in [-0.25, -0.2) is 0 Å². The fourth-order valence-corrected chi connectivity index (χ4v) is 2.34. The summed E-state index contributed by atoms with van der Waals surface area (Å²) in [4.78, 5) is 14.0. The fourth-order valence-electron chi connectivity index (χ4n) is 1.86. The van der Waals surface area contributed by atoms with Gasteiger partial charge >= 0.3 is 0 Å². The number of hydrogen-bond acceptors (Lipinski definition) is 2. The van der Waals surface area contributed by atoms with Crippen LogP contribution in [-0.2, 0) is 0 Å². The van der Waals surface area contributed by atoms with Crippen LogP contribution >= 0.6 is 23.2 Å². The third-order valence-corrected chi connectivity index (χ3v) is 3.65. The Hall–Kier alpha value is -1.71. The lowest BCUT2D eigenvalue weighted by Gasteiger charge is -2.18. The number of nitrogens with zero attached hydrogens (tertiary/aromatic N) is 1. The normalized spacial score (nSPS) is 10.4. The Morgan fingerprint density at radius 1 is 1.15 bits per heavy atom. The molecule has 0 aromatic heterocycles. The van der Waals surface area contributed by atoms with Gasteiger partial charge in [-0.05, 0) is 36.8 Å². The average Bonchev–Trinajstić information content (AvgIpc) is 2.42. The predicted octanol–water partition coefficient (Wildman–Crippen LogP) is 4.16. The highest BCUT2D eigenvalue weighted by Crippen LogP contribution is 2.29. The van der Waals surface area contributed by atoms with Crippen LogP contribution in [0.4, 0.5) is 11.4 Å². The summed E-state index contributed by atoms with van der Waals surface area (Å²) < 4.78 is 0. The molecule has 2 rings (SSSR count). The van der Waals surface area contributed by atoms with E-state index in [-0.39, 0.29) is 21.6 Å². The number of carbonyl (C=O) groups is 1. The van der Waals surface area contributed by atoms with Gasteiger partial charge in [0.05, 0.1) is 15.7 Å². The first-order valence-electron chi connectivity index (χ1n) is 5.99. The molecule has 0 aliphatic rings. The van der Waals surface area contributed by atoms with Gasteiger partial charge in [0.2, 0.25) is 0 Å². The minimum atomic E-state index is -0.195. The number of nitrogen functional groups attached to an aromatic ring is 1. The Bertz CT molecular complexity index is 648. The number of amides is 1. The Kier molecular flexibility index (Phi) is 4.21. The number of hydrogen-bond donors (Lipinski definition) is 1. The quantitative estimate of drug-likeness (QED) is 0.847. The maximum Gasteiger partial charge on any atom is 0.258 e. The van der Waals surface area contributed by atoms with Crippen molar-refractivity contribution in [1.82, 2.24) is 0 Å². The fraction of sp³-hybridized carbons (Fsp3) is 0.133. The number of benzene rings is 2. The molecule has 0 unspecified atom stereocenters.